The maximum atomic E-state index is 6.36. The Morgan fingerprint density at radius 1 is 1.29 bits per heavy atom. The molecule has 0 bridgehead atoms. The van der Waals surface area contributed by atoms with E-state index in [0.29, 0.717) is 11.6 Å². The molecule has 5 heteroatoms. The van der Waals surface area contributed by atoms with Crippen molar-refractivity contribution >= 4 is 11.6 Å². The van der Waals surface area contributed by atoms with Crippen molar-refractivity contribution in [2.45, 2.75) is 46.4 Å². The standard InChI is InChI=1S/C16H22ClN3O/c1-4-14-16(17)15(20(5-2)19-14)10-21-13-8-6-12(7-9-13)11(3)18/h6-9,11H,4-5,10,18H2,1-3H3. The first-order chi connectivity index (χ1) is 10.1. The van der Waals surface area contributed by atoms with E-state index in [4.69, 9.17) is 22.1 Å². The lowest BCUT2D eigenvalue weighted by molar-refractivity contribution is 0.292. The number of nitrogens with two attached hydrogens (primary N) is 1. The summed E-state index contributed by atoms with van der Waals surface area (Å²) in [4.78, 5) is 0. The molecule has 0 spiro atoms. The van der Waals surface area contributed by atoms with E-state index in [1.165, 1.54) is 0 Å². The molecule has 0 aliphatic rings. The van der Waals surface area contributed by atoms with Gasteiger partial charge in [-0.3, -0.25) is 4.68 Å². The van der Waals surface area contributed by atoms with Gasteiger partial charge in [0.05, 0.1) is 16.4 Å². The van der Waals surface area contributed by atoms with Gasteiger partial charge in [-0.2, -0.15) is 5.10 Å². The predicted octanol–water partition coefficient (Wildman–Crippen LogP) is 3.72. The Labute approximate surface area is 130 Å². The zero-order valence-corrected chi connectivity index (χ0v) is 13.5. The summed E-state index contributed by atoms with van der Waals surface area (Å²) in [5.41, 5.74) is 8.77. The first-order valence-corrected chi connectivity index (χ1v) is 7.67. The third kappa shape index (κ3) is 3.57. The molecule has 1 heterocycles. The van der Waals surface area contributed by atoms with Gasteiger partial charge in [-0.25, -0.2) is 0 Å². The maximum absolute atomic E-state index is 6.36. The minimum Gasteiger partial charge on any atom is -0.487 e. The van der Waals surface area contributed by atoms with Crippen LogP contribution in [0.2, 0.25) is 5.02 Å². The van der Waals surface area contributed by atoms with Crippen molar-refractivity contribution in [3.63, 3.8) is 0 Å². The highest BCUT2D eigenvalue weighted by atomic mass is 35.5. The molecule has 2 aromatic rings. The fraction of sp³-hybridized carbons (Fsp3) is 0.438. The quantitative estimate of drug-likeness (QED) is 0.885. The molecular weight excluding hydrogens is 286 g/mol. The van der Waals surface area contributed by atoms with Crippen molar-refractivity contribution < 1.29 is 4.74 Å². The number of halogens is 1. The van der Waals surface area contributed by atoms with Crippen molar-refractivity contribution in [2.24, 2.45) is 5.73 Å². The number of nitrogens with zero attached hydrogens (tertiary/aromatic N) is 2. The highest BCUT2D eigenvalue weighted by Gasteiger charge is 2.14. The number of aryl methyl sites for hydroxylation is 2. The molecular formula is C16H22ClN3O. The first kappa shape index (κ1) is 15.9. The molecule has 114 valence electrons. The average Bonchev–Trinajstić information content (AvgIpc) is 2.81. The van der Waals surface area contributed by atoms with Gasteiger partial charge in [-0.15, -0.1) is 0 Å². The third-order valence-electron chi connectivity index (χ3n) is 3.48. The van der Waals surface area contributed by atoms with Crippen molar-refractivity contribution in [1.82, 2.24) is 9.78 Å². The first-order valence-electron chi connectivity index (χ1n) is 7.29. The molecule has 0 fully saturated rings. The van der Waals surface area contributed by atoms with E-state index in [-0.39, 0.29) is 6.04 Å². The second-order valence-electron chi connectivity index (χ2n) is 5.02. The van der Waals surface area contributed by atoms with Crippen LogP contribution in [0.25, 0.3) is 0 Å². The van der Waals surface area contributed by atoms with Gasteiger partial charge in [-0.1, -0.05) is 30.7 Å². The Balaban J connectivity index is 2.10. The minimum absolute atomic E-state index is 0.0298. The normalized spacial score (nSPS) is 12.4. The van der Waals surface area contributed by atoms with Gasteiger partial charge in [-0.05, 0) is 38.0 Å². The van der Waals surface area contributed by atoms with E-state index < -0.39 is 0 Å². The summed E-state index contributed by atoms with van der Waals surface area (Å²) in [6, 6.07) is 7.86. The molecule has 0 radical (unpaired) electrons. The van der Waals surface area contributed by atoms with Crippen molar-refractivity contribution in [3.8, 4) is 5.75 Å². The van der Waals surface area contributed by atoms with Crippen molar-refractivity contribution in [1.29, 1.82) is 0 Å². The molecule has 1 unspecified atom stereocenters. The van der Waals surface area contributed by atoms with Crippen LogP contribution in [0.4, 0.5) is 0 Å². The van der Waals surface area contributed by atoms with Crippen LogP contribution in [0.5, 0.6) is 5.75 Å². The van der Waals surface area contributed by atoms with E-state index in [0.717, 1.165) is 35.7 Å². The zero-order chi connectivity index (χ0) is 15.4. The second kappa shape index (κ2) is 6.96. The Morgan fingerprint density at radius 3 is 2.48 bits per heavy atom. The fourth-order valence-electron chi connectivity index (χ4n) is 2.17. The molecule has 4 nitrogen and oxygen atoms in total. The SMILES string of the molecule is CCc1nn(CC)c(COc2ccc(C(C)N)cc2)c1Cl. The lowest BCUT2D eigenvalue weighted by Crippen LogP contribution is -2.07. The molecule has 0 saturated heterocycles. The Hall–Kier alpha value is -1.52. The van der Waals surface area contributed by atoms with E-state index in [1.54, 1.807) is 0 Å². The van der Waals surface area contributed by atoms with E-state index in [1.807, 2.05) is 49.7 Å². The number of rotatable bonds is 6. The highest BCUT2D eigenvalue weighted by molar-refractivity contribution is 6.31. The average molecular weight is 308 g/mol. The molecule has 21 heavy (non-hydrogen) atoms. The Bertz CT molecular complexity index is 590. The summed E-state index contributed by atoms with van der Waals surface area (Å²) in [6.45, 7) is 7.25. The molecule has 0 aliphatic carbocycles. The summed E-state index contributed by atoms with van der Waals surface area (Å²) in [6.07, 6.45) is 0.821. The third-order valence-corrected chi connectivity index (χ3v) is 3.91. The summed E-state index contributed by atoms with van der Waals surface area (Å²) in [5, 5.41) is 5.20. The molecule has 0 aliphatic heterocycles. The summed E-state index contributed by atoms with van der Waals surface area (Å²) in [7, 11) is 0. The monoisotopic (exact) mass is 307 g/mol. The summed E-state index contributed by atoms with van der Waals surface area (Å²) < 4.78 is 7.72. The summed E-state index contributed by atoms with van der Waals surface area (Å²) in [5.74, 6) is 0.803. The molecule has 0 saturated carbocycles. The van der Waals surface area contributed by atoms with Gasteiger partial charge < -0.3 is 10.5 Å². The van der Waals surface area contributed by atoms with Crippen LogP contribution in [0.15, 0.2) is 24.3 Å². The van der Waals surface area contributed by atoms with Gasteiger partial charge in [0, 0.05) is 12.6 Å². The van der Waals surface area contributed by atoms with Crippen LogP contribution < -0.4 is 10.5 Å². The predicted molar refractivity (Wildman–Crippen MR) is 85.7 cm³/mol. The van der Waals surface area contributed by atoms with E-state index in [2.05, 4.69) is 5.10 Å². The van der Waals surface area contributed by atoms with Crippen LogP contribution in [-0.4, -0.2) is 9.78 Å². The van der Waals surface area contributed by atoms with Gasteiger partial charge in [0.25, 0.3) is 0 Å². The lowest BCUT2D eigenvalue weighted by atomic mass is 10.1. The lowest BCUT2D eigenvalue weighted by Gasteiger charge is -2.10. The summed E-state index contributed by atoms with van der Waals surface area (Å²) >= 11 is 6.36. The number of aromatic nitrogens is 2. The maximum Gasteiger partial charge on any atom is 0.131 e. The van der Waals surface area contributed by atoms with Crippen LogP contribution in [0.1, 0.15) is 43.8 Å². The number of hydrogen-bond donors (Lipinski definition) is 1. The molecule has 2 N–H and O–H groups in total. The molecule has 1 aromatic heterocycles. The number of hydrogen-bond acceptors (Lipinski definition) is 3. The Morgan fingerprint density at radius 2 is 1.95 bits per heavy atom. The smallest absolute Gasteiger partial charge is 0.131 e. The van der Waals surface area contributed by atoms with Gasteiger partial charge in [0.1, 0.15) is 12.4 Å². The molecule has 1 atom stereocenters. The van der Waals surface area contributed by atoms with Crippen LogP contribution >= 0.6 is 11.6 Å². The van der Waals surface area contributed by atoms with Crippen LogP contribution in [-0.2, 0) is 19.6 Å². The van der Waals surface area contributed by atoms with E-state index in [9.17, 15) is 0 Å². The van der Waals surface area contributed by atoms with Crippen molar-refractivity contribution in [2.75, 3.05) is 0 Å². The highest BCUT2D eigenvalue weighted by Crippen LogP contribution is 2.24. The topological polar surface area (TPSA) is 53.1 Å². The second-order valence-corrected chi connectivity index (χ2v) is 5.40. The molecule has 2 rings (SSSR count). The Kier molecular flexibility index (Phi) is 5.26. The number of ether oxygens (including phenoxy) is 1. The van der Waals surface area contributed by atoms with E-state index >= 15 is 0 Å². The largest absolute Gasteiger partial charge is 0.487 e. The van der Waals surface area contributed by atoms with Gasteiger partial charge >= 0.3 is 0 Å². The van der Waals surface area contributed by atoms with Crippen LogP contribution in [0, 0.1) is 0 Å². The molecule has 1 aromatic carbocycles. The van der Waals surface area contributed by atoms with Gasteiger partial charge in [0.15, 0.2) is 0 Å². The zero-order valence-electron chi connectivity index (χ0n) is 12.8. The number of benzene rings is 1. The molecule has 0 amide bonds. The fourth-order valence-corrected chi connectivity index (χ4v) is 2.50. The van der Waals surface area contributed by atoms with Crippen LogP contribution in [0.3, 0.4) is 0 Å². The van der Waals surface area contributed by atoms with Gasteiger partial charge in [0.2, 0.25) is 0 Å². The minimum atomic E-state index is 0.0298. The van der Waals surface area contributed by atoms with Crippen molar-refractivity contribution in [3.05, 3.63) is 46.2 Å².